The fourth-order valence-corrected chi connectivity index (χ4v) is 4.59. The molecule has 1 aliphatic rings. The van der Waals surface area contributed by atoms with Gasteiger partial charge in [-0.05, 0) is 31.5 Å². The normalized spacial score (nSPS) is 20.8. The van der Waals surface area contributed by atoms with Gasteiger partial charge in [0, 0.05) is 6.54 Å². The Balaban J connectivity index is 1.76. The van der Waals surface area contributed by atoms with Crippen LogP contribution in [0.1, 0.15) is 19.4 Å². The first-order valence-corrected chi connectivity index (χ1v) is 10.4. The number of sulfone groups is 1. The van der Waals surface area contributed by atoms with Crippen LogP contribution in [0.15, 0.2) is 65.6 Å². The molecular weight excluding hydrogens is 350 g/mol. The second kappa shape index (κ2) is 7.88. The molecule has 2 atom stereocenters. The number of ether oxygens (including phenoxy) is 2. The lowest BCUT2D eigenvalue weighted by atomic mass is 10.1. The number of benzene rings is 2. The molecule has 140 valence electrons. The van der Waals surface area contributed by atoms with Gasteiger partial charge in [0.05, 0.1) is 23.3 Å². The van der Waals surface area contributed by atoms with Gasteiger partial charge in [0.1, 0.15) is 6.10 Å². The van der Waals surface area contributed by atoms with E-state index >= 15 is 0 Å². The van der Waals surface area contributed by atoms with E-state index in [4.69, 9.17) is 9.47 Å². The van der Waals surface area contributed by atoms with Gasteiger partial charge in [0.2, 0.25) is 0 Å². The standard InChI is InChI=1S/C20H25NO4S/c1-20(2)24-14-19(25-20)18(21-13-16-9-5-3-6-10-16)15-26(22,23)17-11-7-4-8-12-17/h3-12,18-19,21H,13-15H2,1-2H3/t18-,19-/m1/s1. The van der Waals surface area contributed by atoms with Crippen molar-refractivity contribution in [2.24, 2.45) is 0 Å². The summed E-state index contributed by atoms with van der Waals surface area (Å²) in [4.78, 5) is 0.324. The number of hydrogen-bond donors (Lipinski definition) is 1. The van der Waals surface area contributed by atoms with Crippen LogP contribution in [0.5, 0.6) is 0 Å². The van der Waals surface area contributed by atoms with E-state index in [9.17, 15) is 8.42 Å². The van der Waals surface area contributed by atoms with Crippen LogP contribution >= 0.6 is 0 Å². The molecule has 0 saturated carbocycles. The molecule has 0 unspecified atom stereocenters. The van der Waals surface area contributed by atoms with Crippen molar-refractivity contribution < 1.29 is 17.9 Å². The quantitative estimate of drug-likeness (QED) is 0.806. The van der Waals surface area contributed by atoms with Crippen LogP contribution in [0.25, 0.3) is 0 Å². The Morgan fingerprint density at radius 2 is 1.69 bits per heavy atom. The van der Waals surface area contributed by atoms with Gasteiger partial charge in [-0.1, -0.05) is 48.5 Å². The summed E-state index contributed by atoms with van der Waals surface area (Å²) in [7, 11) is -3.44. The Kier molecular flexibility index (Phi) is 5.77. The van der Waals surface area contributed by atoms with Gasteiger partial charge in [0.25, 0.3) is 0 Å². The molecule has 26 heavy (non-hydrogen) atoms. The number of rotatable bonds is 7. The molecule has 0 aromatic heterocycles. The van der Waals surface area contributed by atoms with Gasteiger partial charge in [-0.2, -0.15) is 0 Å². The van der Waals surface area contributed by atoms with Gasteiger partial charge in [0.15, 0.2) is 15.6 Å². The fourth-order valence-electron chi connectivity index (χ4n) is 3.02. The minimum atomic E-state index is -3.44. The summed E-state index contributed by atoms with van der Waals surface area (Å²) < 4.78 is 37.3. The van der Waals surface area contributed by atoms with E-state index in [-0.39, 0.29) is 17.9 Å². The Labute approximate surface area is 155 Å². The third-order valence-electron chi connectivity index (χ3n) is 4.39. The van der Waals surface area contributed by atoms with Crippen LogP contribution < -0.4 is 5.32 Å². The summed E-state index contributed by atoms with van der Waals surface area (Å²) in [5.74, 6) is -0.748. The molecule has 5 nitrogen and oxygen atoms in total. The summed E-state index contributed by atoms with van der Waals surface area (Å²) >= 11 is 0. The molecule has 0 amide bonds. The van der Waals surface area contributed by atoms with Crippen molar-refractivity contribution >= 4 is 9.84 Å². The monoisotopic (exact) mass is 375 g/mol. The molecule has 0 bridgehead atoms. The van der Waals surface area contributed by atoms with Gasteiger partial charge in [-0.25, -0.2) is 8.42 Å². The maximum absolute atomic E-state index is 12.8. The maximum atomic E-state index is 12.8. The SMILES string of the molecule is CC1(C)OC[C@H]([C@@H](CS(=O)(=O)c2ccccc2)NCc2ccccc2)O1. The van der Waals surface area contributed by atoms with Crippen LogP contribution in [-0.4, -0.2) is 38.7 Å². The lowest BCUT2D eigenvalue weighted by molar-refractivity contribution is -0.141. The molecule has 1 aliphatic heterocycles. The van der Waals surface area contributed by atoms with Gasteiger partial charge in [-0.3, -0.25) is 0 Å². The third-order valence-corrected chi connectivity index (χ3v) is 6.18. The summed E-state index contributed by atoms with van der Waals surface area (Å²) in [6.07, 6.45) is -0.327. The summed E-state index contributed by atoms with van der Waals surface area (Å²) in [5, 5.41) is 3.36. The van der Waals surface area contributed by atoms with E-state index in [1.54, 1.807) is 30.3 Å². The van der Waals surface area contributed by atoms with Crippen molar-refractivity contribution in [1.82, 2.24) is 5.32 Å². The zero-order valence-electron chi connectivity index (χ0n) is 15.1. The molecule has 1 fully saturated rings. The minimum Gasteiger partial charge on any atom is -0.348 e. The number of nitrogens with one attached hydrogen (secondary N) is 1. The Morgan fingerprint density at radius 1 is 1.08 bits per heavy atom. The van der Waals surface area contributed by atoms with E-state index in [1.807, 2.05) is 44.2 Å². The van der Waals surface area contributed by atoms with Crippen molar-refractivity contribution in [3.8, 4) is 0 Å². The predicted octanol–water partition coefficient (Wildman–Crippen LogP) is 2.77. The second-order valence-corrected chi connectivity index (χ2v) is 8.97. The van der Waals surface area contributed by atoms with Crippen molar-refractivity contribution in [3.63, 3.8) is 0 Å². The smallest absolute Gasteiger partial charge is 0.180 e. The minimum absolute atomic E-state index is 0.0477. The molecule has 1 saturated heterocycles. The lowest BCUT2D eigenvalue weighted by Crippen LogP contribution is -2.46. The van der Waals surface area contributed by atoms with E-state index < -0.39 is 15.6 Å². The molecule has 6 heteroatoms. The highest BCUT2D eigenvalue weighted by atomic mass is 32.2. The Hall–Kier alpha value is -1.73. The zero-order valence-corrected chi connectivity index (χ0v) is 15.9. The second-order valence-electron chi connectivity index (χ2n) is 6.93. The summed E-state index contributed by atoms with van der Waals surface area (Å²) in [6, 6.07) is 18.0. The first-order chi connectivity index (χ1) is 12.4. The molecule has 1 heterocycles. The molecule has 3 rings (SSSR count). The Morgan fingerprint density at radius 3 is 2.27 bits per heavy atom. The van der Waals surface area contributed by atoms with E-state index in [1.165, 1.54) is 0 Å². The molecule has 2 aromatic carbocycles. The molecule has 0 aliphatic carbocycles. The highest BCUT2D eigenvalue weighted by Gasteiger charge is 2.39. The van der Waals surface area contributed by atoms with Crippen molar-refractivity contribution in [3.05, 3.63) is 66.2 Å². The van der Waals surface area contributed by atoms with Crippen molar-refractivity contribution in [2.45, 2.75) is 43.2 Å². The van der Waals surface area contributed by atoms with E-state index in [0.717, 1.165) is 5.56 Å². The topological polar surface area (TPSA) is 64.6 Å². The number of hydrogen-bond acceptors (Lipinski definition) is 5. The molecule has 0 spiro atoms. The maximum Gasteiger partial charge on any atom is 0.180 e. The van der Waals surface area contributed by atoms with Gasteiger partial charge < -0.3 is 14.8 Å². The average Bonchev–Trinajstić information content (AvgIpc) is 3.00. The molecule has 2 aromatic rings. The van der Waals surface area contributed by atoms with E-state index in [0.29, 0.717) is 18.0 Å². The largest absolute Gasteiger partial charge is 0.348 e. The van der Waals surface area contributed by atoms with Gasteiger partial charge in [-0.15, -0.1) is 0 Å². The summed E-state index contributed by atoms with van der Waals surface area (Å²) in [6.45, 7) is 4.61. The molecule has 0 radical (unpaired) electrons. The van der Waals surface area contributed by atoms with Crippen molar-refractivity contribution in [1.29, 1.82) is 0 Å². The lowest BCUT2D eigenvalue weighted by Gasteiger charge is -2.25. The van der Waals surface area contributed by atoms with E-state index in [2.05, 4.69) is 5.32 Å². The highest BCUT2D eigenvalue weighted by molar-refractivity contribution is 7.91. The third kappa shape index (κ3) is 4.92. The van der Waals surface area contributed by atoms with Crippen LogP contribution in [-0.2, 0) is 25.9 Å². The van der Waals surface area contributed by atoms with Gasteiger partial charge >= 0.3 is 0 Å². The van der Waals surface area contributed by atoms with Crippen LogP contribution in [0.4, 0.5) is 0 Å². The fraction of sp³-hybridized carbons (Fsp3) is 0.400. The molecular formula is C20H25NO4S. The summed E-state index contributed by atoms with van der Waals surface area (Å²) in [5.41, 5.74) is 1.09. The average molecular weight is 375 g/mol. The predicted molar refractivity (Wildman–Crippen MR) is 100 cm³/mol. The highest BCUT2D eigenvalue weighted by Crippen LogP contribution is 2.26. The van der Waals surface area contributed by atoms with Crippen molar-refractivity contribution in [2.75, 3.05) is 12.4 Å². The first kappa shape index (κ1) is 19.0. The van der Waals surface area contributed by atoms with Crippen LogP contribution in [0.3, 0.4) is 0 Å². The first-order valence-electron chi connectivity index (χ1n) is 8.73. The molecule has 1 N–H and O–H groups in total. The van der Waals surface area contributed by atoms with Crippen LogP contribution in [0, 0.1) is 0 Å². The van der Waals surface area contributed by atoms with Crippen LogP contribution in [0.2, 0.25) is 0 Å². The Bertz CT molecular complexity index is 806. The zero-order chi connectivity index (χ0) is 18.6.